The van der Waals surface area contributed by atoms with Gasteiger partial charge in [-0.3, -0.25) is 9.88 Å². The molecular formula is C12H21N3S. The fourth-order valence-electron chi connectivity index (χ4n) is 2.43. The van der Waals surface area contributed by atoms with Gasteiger partial charge in [0.2, 0.25) is 0 Å². The summed E-state index contributed by atoms with van der Waals surface area (Å²) in [4.78, 5) is 8.07. The summed E-state index contributed by atoms with van der Waals surface area (Å²) in [5, 5.41) is 0. The van der Waals surface area contributed by atoms with Crippen LogP contribution in [0.2, 0.25) is 0 Å². The number of nitrogens with two attached hydrogens (primary N) is 1. The van der Waals surface area contributed by atoms with Crippen LogP contribution in [-0.4, -0.2) is 29.0 Å². The first-order valence-electron chi connectivity index (χ1n) is 6.06. The Hall–Kier alpha value is -0.450. The van der Waals surface area contributed by atoms with Gasteiger partial charge in [-0.05, 0) is 39.2 Å². The highest BCUT2D eigenvalue weighted by molar-refractivity contribution is 7.09. The highest BCUT2D eigenvalue weighted by Gasteiger charge is 2.26. The maximum atomic E-state index is 6.01. The van der Waals surface area contributed by atoms with E-state index in [9.17, 15) is 0 Å². The fourth-order valence-corrected chi connectivity index (χ4v) is 3.14. The molecule has 0 saturated carbocycles. The number of hydrogen-bond acceptors (Lipinski definition) is 4. The van der Waals surface area contributed by atoms with Crippen LogP contribution in [0.5, 0.6) is 0 Å². The average molecular weight is 239 g/mol. The summed E-state index contributed by atoms with van der Waals surface area (Å²) in [7, 11) is 0. The van der Waals surface area contributed by atoms with Crippen LogP contribution in [0.15, 0.2) is 11.7 Å². The lowest BCUT2D eigenvalue weighted by molar-refractivity contribution is 0.123. The van der Waals surface area contributed by atoms with E-state index in [2.05, 4.69) is 23.7 Å². The molecule has 0 amide bonds. The topological polar surface area (TPSA) is 42.1 Å². The molecule has 1 aliphatic rings. The van der Waals surface area contributed by atoms with E-state index in [0.29, 0.717) is 18.0 Å². The van der Waals surface area contributed by atoms with Crippen molar-refractivity contribution in [3.63, 3.8) is 0 Å². The normalized spacial score (nSPS) is 26.6. The van der Waals surface area contributed by atoms with E-state index in [1.807, 2.05) is 11.7 Å². The van der Waals surface area contributed by atoms with Crippen molar-refractivity contribution in [2.45, 2.75) is 38.8 Å². The Labute approximate surface area is 102 Å². The Balaban J connectivity index is 1.99. The average Bonchev–Trinajstić information content (AvgIpc) is 2.81. The molecule has 2 heterocycles. The number of nitrogens with zero attached hydrogens (tertiary/aromatic N) is 2. The second-order valence-corrected chi connectivity index (χ2v) is 5.75. The van der Waals surface area contributed by atoms with Crippen LogP contribution < -0.4 is 5.73 Å². The molecule has 0 bridgehead atoms. The summed E-state index contributed by atoms with van der Waals surface area (Å²) in [5.41, 5.74) is 7.93. The molecular weight excluding hydrogens is 218 g/mol. The number of likely N-dealkylation sites (tertiary alicyclic amines) is 1. The molecule has 1 aromatic rings. The Morgan fingerprint density at radius 3 is 3.00 bits per heavy atom. The largest absolute Gasteiger partial charge is 0.328 e. The Kier molecular flexibility index (Phi) is 3.95. The van der Waals surface area contributed by atoms with E-state index >= 15 is 0 Å². The van der Waals surface area contributed by atoms with Gasteiger partial charge in [-0.15, -0.1) is 11.3 Å². The van der Waals surface area contributed by atoms with Crippen molar-refractivity contribution in [1.29, 1.82) is 0 Å². The molecule has 3 nitrogen and oxygen atoms in total. The van der Waals surface area contributed by atoms with Gasteiger partial charge in [0.25, 0.3) is 0 Å². The number of piperidine rings is 1. The van der Waals surface area contributed by atoms with Crippen molar-refractivity contribution in [2.24, 2.45) is 11.7 Å². The molecule has 1 aliphatic heterocycles. The molecule has 2 rings (SSSR count). The van der Waals surface area contributed by atoms with Crippen LogP contribution in [0.1, 0.15) is 37.6 Å². The van der Waals surface area contributed by atoms with Gasteiger partial charge >= 0.3 is 0 Å². The summed E-state index contributed by atoms with van der Waals surface area (Å²) in [6.45, 7) is 6.74. The highest BCUT2D eigenvalue weighted by atomic mass is 32.1. The van der Waals surface area contributed by atoms with Crippen LogP contribution in [0, 0.1) is 5.92 Å². The number of rotatable bonds is 3. The molecule has 3 atom stereocenters. The predicted octanol–water partition coefficient (Wildman–Crippen LogP) is 2.26. The van der Waals surface area contributed by atoms with Crippen LogP contribution in [0.3, 0.4) is 0 Å². The highest BCUT2D eigenvalue weighted by Crippen LogP contribution is 2.29. The zero-order valence-electron chi connectivity index (χ0n) is 10.1. The van der Waals surface area contributed by atoms with Gasteiger partial charge in [-0.1, -0.05) is 0 Å². The first kappa shape index (κ1) is 12.0. The van der Waals surface area contributed by atoms with E-state index in [4.69, 9.17) is 5.73 Å². The third kappa shape index (κ3) is 2.62. The van der Waals surface area contributed by atoms with Crippen molar-refractivity contribution in [1.82, 2.24) is 9.88 Å². The van der Waals surface area contributed by atoms with Gasteiger partial charge < -0.3 is 5.73 Å². The molecule has 0 spiro atoms. The van der Waals surface area contributed by atoms with Crippen LogP contribution in [0.25, 0.3) is 0 Å². The molecule has 0 aliphatic carbocycles. The minimum absolute atomic E-state index is 0.316. The van der Waals surface area contributed by atoms with Gasteiger partial charge in [-0.2, -0.15) is 0 Å². The maximum absolute atomic E-state index is 6.01. The summed E-state index contributed by atoms with van der Waals surface area (Å²) in [6.07, 6.45) is 4.55. The fraction of sp³-hybridized carbons (Fsp3) is 0.750. The Morgan fingerprint density at radius 1 is 1.56 bits per heavy atom. The monoisotopic (exact) mass is 239 g/mol. The number of hydrogen-bond donors (Lipinski definition) is 1. The Bertz CT molecular complexity index is 310. The molecule has 2 N–H and O–H groups in total. The van der Waals surface area contributed by atoms with E-state index in [0.717, 1.165) is 6.54 Å². The first-order valence-corrected chi connectivity index (χ1v) is 6.94. The lowest BCUT2D eigenvalue weighted by Crippen LogP contribution is -2.43. The van der Waals surface area contributed by atoms with E-state index in [-0.39, 0.29) is 0 Å². The molecule has 16 heavy (non-hydrogen) atoms. The van der Waals surface area contributed by atoms with E-state index in [1.54, 1.807) is 11.3 Å². The maximum Gasteiger partial charge on any atom is 0.0794 e. The minimum Gasteiger partial charge on any atom is -0.328 e. The zero-order chi connectivity index (χ0) is 11.5. The summed E-state index contributed by atoms with van der Waals surface area (Å²) in [5.74, 6) is 0.657. The standard InChI is InChI=1S/C12H21N3S/c1-9(13)11-4-3-5-15(7-11)10(2)12-6-14-8-16-12/h6,8-11H,3-5,7,13H2,1-2H3. The number of thiazole rings is 1. The van der Waals surface area contributed by atoms with E-state index in [1.165, 1.54) is 24.3 Å². The van der Waals surface area contributed by atoms with Gasteiger partial charge in [0.05, 0.1) is 5.51 Å². The predicted molar refractivity (Wildman–Crippen MR) is 68.5 cm³/mol. The molecule has 4 heteroatoms. The lowest BCUT2D eigenvalue weighted by Gasteiger charge is -2.37. The van der Waals surface area contributed by atoms with Crippen LogP contribution in [-0.2, 0) is 0 Å². The molecule has 1 saturated heterocycles. The second kappa shape index (κ2) is 5.25. The third-order valence-electron chi connectivity index (χ3n) is 3.64. The molecule has 90 valence electrons. The first-order chi connectivity index (χ1) is 7.68. The molecule has 0 radical (unpaired) electrons. The number of aromatic nitrogens is 1. The Morgan fingerprint density at radius 2 is 2.38 bits per heavy atom. The third-order valence-corrected chi connectivity index (χ3v) is 4.59. The van der Waals surface area contributed by atoms with Crippen molar-refractivity contribution in [2.75, 3.05) is 13.1 Å². The van der Waals surface area contributed by atoms with Gasteiger partial charge in [0.1, 0.15) is 0 Å². The summed E-state index contributed by atoms with van der Waals surface area (Å²) >= 11 is 1.75. The van der Waals surface area contributed by atoms with Crippen molar-refractivity contribution >= 4 is 11.3 Å². The lowest BCUT2D eigenvalue weighted by atomic mass is 9.91. The van der Waals surface area contributed by atoms with Crippen molar-refractivity contribution in [3.8, 4) is 0 Å². The second-order valence-electron chi connectivity index (χ2n) is 4.84. The molecule has 1 fully saturated rings. The molecule has 0 aromatic carbocycles. The smallest absolute Gasteiger partial charge is 0.0794 e. The van der Waals surface area contributed by atoms with Crippen molar-refractivity contribution < 1.29 is 0 Å². The minimum atomic E-state index is 0.316. The molecule has 1 aromatic heterocycles. The summed E-state index contributed by atoms with van der Waals surface area (Å²) in [6, 6.07) is 0.811. The van der Waals surface area contributed by atoms with Gasteiger partial charge in [0, 0.05) is 29.7 Å². The van der Waals surface area contributed by atoms with Crippen molar-refractivity contribution in [3.05, 3.63) is 16.6 Å². The van der Waals surface area contributed by atoms with Crippen LogP contribution >= 0.6 is 11.3 Å². The SMILES string of the molecule is CC(N)C1CCCN(C(C)c2cncs2)C1. The van der Waals surface area contributed by atoms with Gasteiger partial charge in [0.15, 0.2) is 0 Å². The molecule has 3 unspecified atom stereocenters. The summed E-state index contributed by atoms with van der Waals surface area (Å²) < 4.78 is 0. The zero-order valence-corrected chi connectivity index (χ0v) is 10.9. The van der Waals surface area contributed by atoms with Gasteiger partial charge in [-0.25, -0.2) is 0 Å². The van der Waals surface area contributed by atoms with Crippen LogP contribution in [0.4, 0.5) is 0 Å². The van der Waals surface area contributed by atoms with E-state index < -0.39 is 0 Å². The quantitative estimate of drug-likeness (QED) is 0.880.